The molecule has 5 rings (SSSR count). The molecule has 3 N–H and O–H groups in total. The zero-order chi connectivity index (χ0) is 34.1. The first-order valence-corrected chi connectivity index (χ1v) is 16.3. The number of aromatic amines is 1. The molecule has 0 saturated carbocycles. The summed E-state index contributed by atoms with van der Waals surface area (Å²) >= 11 is 0. The number of alkyl carbamates (subject to hydrolysis) is 1. The van der Waals surface area contributed by atoms with E-state index in [2.05, 4.69) is 32.7 Å². The Kier molecular flexibility index (Phi) is 13.0. The zero-order valence-electron chi connectivity index (χ0n) is 27.3. The van der Waals surface area contributed by atoms with Gasteiger partial charge in [-0.25, -0.2) is 9.78 Å². The van der Waals surface area contributed by atoms with E-state index < -0.39 is 18.0 Å². The standard InChI is InChI=1S/C39H41N5O5/c45-37(41-22-10-17-30-11-4-1-5-12-30)26-44(25-31-18-20-35(21-19-31)48-27-32-13-6-2-7-14-32)38(46)36(23-34-24-40-29-42-34)43-39(47)49-28-33-15-8-3-9-16-33/h1-9,11-16,18-21,24,29,36H,10,17,22-23,25-28H2,(H,40,42)(H,41,45)(H,43,47). The van der Waals surface area contributed by atoms with Gasteiger partial charge in [-0.15, -0.1) is 0 Å². The van der Waals surface area contributed by atoms with Crippen molar-refractivity contribution in [2.24, 2.45) is 0 Å². The third-order valence-electron chi connectivity index (χ3n) is 7.78. The third kappa shape index (κ3) is 11.7. The van der Waals surface area contributed by atoms with Crippen molar-refractivity contribution in [3.8, 4) is 5.75 Å². The number of aryl methyl sites for hydroxylation is 1. The molecule has 1 unspecified atom stereocenters. The average Bonchev–Trinajstić information content (AvgIpc) is 3.66. The number of benzene rings is 4. The summed E-state index contributed by atoms with van der Waals surface area (Å²) in [5.41, 5.74) is 4.50. The second-order valence-electron chi connectivity index (χ2n) is 11.6. The Bertz CT molecular complexity index is 1720. The number of hydrogen-bond acceptors (Lipinski definition) is 6. The van der Waals surface area contributed by atoms with Gasteiger partial charge in [-0.3, -0.25) is 9.59 Å². The van der Waals surface area contributed by atoms with Crippen molar-refractivity contribution in [3.05, 3.63) is 156 Å². The van der Waals surface area contributed by atoms with Gasteiger partial charge in [0, 0.05) is 31.4 Å². The number of carbonyl (C=O) groups is 3. The van der Waals surface area contributed by atoms with Crippen molar-refractivity contribution in [2.45, 2.75) is 45.1 Å². The average molecular weight is 660 g/mol. The third-order valence-corrected chi connectivity index (χ3v) is 7.78. The minimum atomic E-state index is -1.02. The molecule has 10 nitrogen and oxygen atoms in total. The van der Waals surface area contributed by atoms with Gasteiger partial charge in [0.1, 0.15) is 25.0 Å². The number of amides is 3. The number of carbonyl (C=O) groups excluding carboxylic acids is 3. The van der Waals surface area contributed by atoms with Crippen molar-refractivity contribution in [2.75, 3.05) is 13.1 Å². The Labute approximate surface area is 286 Å². The molecule has 1 atom stereocenters. The Morgan fingerprint density at radius 2 is 1.39 bits per heavy atom. The first kappa shape index (κ1) is 34.4. The van der Waals surface area contributed by atoms with E-state index in [1.54, 1.807) is 6.20 Å². The second kappa shape index (κ2) is 18.4. The quantitative estimate of drug-likeness (QED) is 0.112. The van der Waals surface area contributed by atoms with E-state index in [1.807, 2.05) is 103 Å². The van der Waals surface area contributed by atoms with E-state index in [9.17, 15) is 14.4 Å². The molecule has 0 aliphatic rings. The molecule has 49 heavy (non-hydrogen) atoms. The number of imidazole rings is 1. The summed E-state index contributed by atoms with van der Waals surface area (Å²) in [6, 6.07) is 35.6. The Morgan fingerprint density at radius 1 is 0.755 bits per heavy atom. The van der Waals surface area contributed by atoms with Crippen LogP contribution in [0, 0.1) is 0 Å². The van der Waals surface area contributed by atoms with Gasteiger partial charge in [0.05, 0.1) is 12.9 Å². The van der Waals surface area contributed by atoms with Crippen LogP contribution in [-0.4, -0.2) is 51.9 Å². The topological polar surface area (TPSA) is 126 Å². The van der Waals surface area contributed by atoms with E-state index in [4.69, 9.17) is 9.47 Å². The maximum absolute atomic E-state index is 14.2. The number of H-pyrrole nitrogens is 1. The van der Waals surface area contributed by atoms with Crippen molar-refractivity contribution in [1.29, 1.82) is 0 Å². The Morgan fingerprint density at radius 3 is 2.02 bits per heavy atom. The molecule has 1 heterocycles. The molecule has 0 aliphatic carbocycles. The summed E-state index contributed by atoms with van der Waals surface area (Å²) in [5.74, 6) is -0.0483. The first-order chi connectivity index (χ1) is 24.0. The molecule has 3 amide bonds. The Hall–Kier alpha value is -5.90. The van der Waals surface area contributed by atoms with E-state index >= 15 is 0 Å². The van der Waals surface area contributed by atoms with Gasteiger partial charge in [0.15, 0.2) is 0 Å². The van der Waals surface area contributed by atoms with E-state index in [0.717, 1.165) is 29.5 Å². The molecule has 0 saturated heterocycles. The summed E-state index contributed by atoms with van der Waals surface area (Å²) < 4.78 is 11.4. The largest absolute Gasteiger partial charge is 0.489 e. The maximum atomic E-state index is 14.2. The number of nitrogens with one attached hydrogen (secondary N) is 3. The lowest BCUT2D eigenvalue weighted by atomic mass is 10.1. The molecule has 0 radical (unpaired) electrons. The van der Waals surface area contributed by atoms with Crippen LogP contribution >= 0.6 is 0 Å². The SMILES string of the molecule is O=C(CN(Cc1ccc(OCc2ccccc2)cc1)C(=O)C(Cc1cnc[nH]1)NC(=O)OCc1ccccc1)NCCCc1ccccc1. The molecule has 5 aromatic rings. The summed E-state index contributed by atoms with van der Waals surface area (Å²) in [7, 11) is 0. The lowest BCUT2D eigenvalue weighted by Crippen LogP contribution is -2.52. The van der Waals surface area contributed by atoms with Crippen LogP contribution in [0.3, 0.4) is 0 Å². The summed E-state index contributed by atoms with van der Waals surface area (Å²) in [4.78, 5) is 48.8. The molecule has 0 fully saturated rings. The molecular weight excluding hydrogens is 618 g/mol. The van der Waals surface area contributed by atoms with Gasteiger partial charge in [0.25, 0.3) is 0 Å². The summed E-state index contributed by atoms with van der Waals surface area (Å²) in [6.07, 6.45) is 4.06. The highest BCUT2D eigenvalue weighted by atomic mass is 16.5. The molecule has 252 valence electrons. The van der Waals surface area contributed by atoms with Gasteiger partial charge in [-0.05, 0) is 47.2 Å². The van der Waals surface area contributed by atoms with Crippen LogP contribution in [0.4, 0.5) is 4.79 Å². The number of hydrogen-bond donors (Lipinski definition) is 3. The van der Waals surface area contributed by atoms with Crippen LogP contribution in [0.1, 0.15) is 34.4 Å². The van der Waals surface area contributed by atoms with Gasteiger partial charge in [-0.2, -0.15) is 0 Å². The monoisotopic (exact) mass is 659 g/mol. The highest BCUT2D eigenvalue weighted by Crippen LogP contribution is 2.17. The van der Waals surface area contributed by atoms with E-state index in [-0.39, 0.29) is 32.0 Å². The number of nitrogens with zero attached hydrogens (tertiary/aromatic N) is 2. The van der Waals surface area contributed by atoms with Crippen LogP contribution < -0.4 is 15.4 Å². The van der Waals surface area contributed by atoms with Crippen LogP contribution in [0.25, 0.3) is 0 Å². The molecule has 1 aromatic heterocycles. The van der Waals surface area contributed by atoms with Crippen molar-refractivity contribution < 1.29 is 23.9 Å². The predicted octanol–water partition coefficient (Wildman–Crippen LogP) is 5.60. The van der Waals surface area contributed by atoms with Gasteiger partial charge < -0.3 is 30.0 Å². The van der Waals surface area contributed by atoms with Crippen molar-refractivity contribution in [1.82, 2.24) is 25.5 Å². The van der Waals surface area contributed by atoms with E-state index in [0.29, 0.717) is 24.6 Å². The molecule has 0 aliphatic heterocycles. The summed E-state index contributed by atoms with van der Waals surface area (Å²) in [6.45, 7) is 0.874. The van der Waals surface area contributed by atoms with Crippen LogP contribution in [-0.2, 0) is 46.9 Å². The van der Waals surface area contributed by atoms with Crippen LogP contribution in [0.5, 0.6) is 5.75 Å². The molecule has 10 heteroatoms. The van der Waals surface area contributed by atoms with Gasteiger partial charge in [0.2, 0.25) is 11.8 Å². The molecular formula is C39H41N5O5. The smallest absolute Gasteiger partial charge is 0.408 e. The van der Waals surface area contributed by atoms with Crippen molar-refractivity contribution >= 4 is 17.9 Å². The zero-order valence-corrected chi connectivity index (χ0v) is 27.3. The Balaban J connectivity index is 1.26. The van der Waals surface area contributed by atoms with Crippen LogP contribution in [0.2, 0.25) is 0 Å². The van der Waals surface area contributed by atoms with Gasteiger partial charge in [-0.1, -0.05) is 103 Å². The molecule has 4 aromatic carbocycles. The highest BCUT2D eigenvalue weighted by molar-refractivity contribution is 5.89. The fourth-order valence-corrected chi connectivity index (χ4v) is 5.20. The fraction of sp³-hybridized carbons (Fsp3) is 0.231. The second-order valence-corrected chi connectivity index (χ2v) is 11.6. The first-order valence-electron chi connectivity index (χ1n) is 16.3. The highest BCUT2D eigenvalue weighted by Gasteiger charge is 2.29. The molecule has 0 spiro atoms. The minimum absolute atomic E-state index is 0.0471. The molecule has 0 bridgehead atoms. The number of aromatic nitrogens is 2. The van der Waals surface area contributed by atoms with Crippen molar-refractivity contribution in [3.63, 3.8) is 0 Å². The van der Waals surface area contributed by atoms with Crippen LogP contribution in [0.15, 0.2) is 128 Å². The fourth-order valence-electron chi connectivity index (χ4n) is 5.20. The lowest BCUT2D eigenvalue weighted by Gasteiger charge is -2.27. The normalized spacial score (nSPS) is 11.3. The maximum Gasteiger partial charge on any atom is 0.408 e. The van der Waals surface area contributed by atoms with E-state index in [1.165, 1.54) is 16.8 Å². The predicted molar refractivity (Wildman–Crippen MR) is 186 cm³/mol. The van der Waals surface area contributed by atoms with Gasteiger partial charge >= 0.3 is 6.09 Å². The number of rotatable bonds is 17. The number of ether oxygens (including phenoxy) is 2. The lowest BCUT2D eigenvalue weighted by molar-refractivity contribution is -0.138. The minimum Gasteiger partial charge on any atom is -0.489 e. The summed E-state index contributed by atoms with van der Waals surface area (Å²) in [5, 5.41) is 5.67.